The molecule has 2 aromatic rings. The zero-order valence-corrected chi connectivity index (χ0v) is 10.9. The summed E-state index contributed by atoms with van der Waals surface area (Å²) >= 11 is 0. The standard InChI is InChI=1S/C14H14N2O4/c1-19-14(18)16-15-13(17)9-20-12-8-4-6-10-5-2-3-7-11(10)12/h2-8H,9H2,1H3,(H,15,17)(H,16,18). The first-order valence-corrected chi connectivity index (χ1v) is 5.94. The molecular formula is C14H14N2O4. The van der Waals surface area contributed by atoms with Crippen molar-refractivity contribution in [3.05, 3.63) is 42.5 Å². The Morgan fingerprint density at radius 1 is 1.05 bits per heavy atom. The second kappa shape index (κ2) is 6.42. The average molecular weight is 274 g/mol. The van der Waals surface area contributed by atoms with E-state index in [-0.39, 0.29) is 6.61 Å². The number of hydrazine groups is 1. The maximum Gasteiger partial charge on any atom is 0.425 e. The van der Waals surface area contributed by atoms with Crippen LogP contribution in [0.1, 0.15) is 0 Å². The van der Waals surface area contributed by atoms with Crippen molar-refractivity contribution in [2.24, 2.45) is 0 Å². The van der Waals surface area contributed by atoms with Gasteiger partial charge in [0.2, 0.25) is 0 Å². The van der Waals surface area contributed by atoms with Crippen LogP contribution in [0.4, 0.5) is 4.79 Å². The summed E-state index contributed by atoms with van der Waals surface area (Å²) in [5, 5.41) is 1.95. The lowest BCUT2D eigenvalue weighted by Gasteiger charge is -2.10. The summed E-state index contributed by atoms with van der Waals surface area (Å²) in [7, 11) is 1.20. The fourth-order valence-electron chi connectivity index (χ4n) is 1.67. The minimum Gasteiger partial charge on any atom is -0.483 e. The molecule has 0 aliphatic carbocycles. The lowest BCUT2D eigenvalue weighted by Crippen LogP contribution is -2.43. The van der Waals surface area contributed by atoms with E-state index in [1.54, 1.807) is 6.07 Å². The quantitative estimate of drug-likeness (QED) is 0.834. The highest BCUT2D eigenvalue weighted by molar-refractivity contribution is 5.88. The van der Waals surface area contributed by atoms with Gasteiger partial charge in [0.1, 0.15) is 5.75 Å². The molecule has 0 heterocycles. The summed E-state index contributed by atoms with van der Waals surface area (Å²) in [5.74, 6) is 0.125. The first-order valence-electron chi connectivity index (χ1n) is 5.94. The number of benzene rings is 2. The largest absolute Gasteiger partial charge is 0.483 e. The van der Waals surface area contributed by atoms with Crippen molar-refractivity contribution in [2.75, 3.05) is 13.7 Å². The first-order chi connectivity index (χ1) is 9.70. The van der Waals surface area contributed by atoms with Crippen LogP contribution in [-0.4, -0.2) is 25.7 Å². The van der Waals surface area contributed by atoms with Gasteiger partial charge in [0.25, 0.3) is 5.91 Å². The Balaban J connectivity index is 1.96. The number of rotatable bonds is 3. The van der Waals surface area contributed by atoms with Crippen LogP contribution in [0.15, 0.2) is 42.5 Å². The van der Waals surface area contributed by atoms with E-state index in [2.05, 4.69) is 15.6 Å². The van der Waals surface area contributed by atoms with E-state index < -0.39 is 12.0 Å². The summed E-state index contributed by atoms with van der Waals surface area (Å²) < 4.78 is 9.76. The van der Waals surface area contributed by atoms with Crippen LogP contribution in [0.3, 0.4) is 0 Å². The predicted molar refractivity (Wildman–Crippen MR) is 73.1 cm³/mol. The Morgan fingerprint density at radius 3 is 2.60 bits per heavy atom. The number of nitrogens with one attached hydrogen (secondary N) is 2. The van der Waals surface area contributed by atoms with Gasteiger partial charge in [-0.25, -0.2) is 10.2 Å². The average Bonchev–Trinajstić information content (AvgIpc) is 2.50. The minimum absolute atomic E-state index is 0.210. The van der Waals surface area contributed by atoms with E-state index in [0.717, 1.165) is 10.8 Å². The van der Waals surface area contributed by atoms with Crippen LogP contribution in [0.25, 0.3) is 10.8 Å². The van der Waals surface area contributed by atoms with Crippen molar-refractivity contribution in [1.29, 1.82) is 0 Å². The second-order valence-corrected chi connectivity index (χ2v) is 3.93. The topological polar surface area (TPSA) is 76.7 Å². The van der Waals surface area contributed by atoms with Gasteiger partial charge in [0.05, 0.1) is 7.11 Å². The van der Waals surface area contributed by atoms with Gasteiger partial charge in [-0.05, 0) is 11.5 Å². The Hall–Kier alpha value is -2.76. The molecule has 0 bridgehead atoms. The second-order valence-electron chi connectivity index (χ2n) is 3.93. The lowest BCUT2D eigenvalue weighted by molar-refractivity contribution is -0.123. The van der Waals surface area contributed by atoms with E-state index in [0.29, 0.717) is 5.75 Å². The van der Waals surface area contributed by atoms with Crippen LogP contribution in [0, 0.1) is 0 Å². The number of hydrogen-bond acceptors (Lipinski definition) is 4. The van der Waals surface area contributed by atoms with E-state index in [1.165, 1.54) is 7.11 Å². The smallest absolute Gasteiger partial charge is 0.425 e. The monoisotopic (exact) mass is 274 g/mol. The van der Waals surface area contributed by atoms with Crippen LogP contribution in [0.5, 0.6) is 5.75 Å². The molecule has 0 atom stereocenters. The molecule has 0 saturated heterocycles. The number of hydrogen-bond donors (Lipinski definition) is 2. The third kappa shape index (κ3) is 3.38. The van der Waals surface area contributed by atoms with E-state index >= 15 is 0 Å². The summed E-state index contributed by atoms with van der Waals surface area (Å²) in [6.07, 6.45) is -0.747. The molecule has 2 N–H and O–H groups in total. The molecule has 2 rings (SSSR count). The molecule has 0 spiro atoms. The molecule has 0 aromatic heterocycles. The molecule has 6 nitrogen and oxygen atoms in total. The Morgan fingerprint density at radius 2 is 1.80 bits per heavy atom. The molecule has 20 heavy (non-hydrogen) atoms. The zero-order valence-electron chi connectivity index (χ0n) is 10.9. The minimum atomic E-state index is -0.747. The molecule has 0 radical (unpaired) electrons. The Kier molecular flexibility index (Phi) is 4.39. The summed E-state index contributed by atoms with van der Waals surface area (Å²) in [5.41, 5.74) is 4.23. The van der Waals surface area contributed by atoms with Gasteiger partial charge in [-0.3, -0.25) is 10.2 Å². The number of methoxy groups -OCH3 is 1. The molecule has 0 aliphatic rings. The highest BCUT2D eigenvalue weighted by Gasteiger charge is 2.06. The maximum atomic E-state index is 11.5. The molecule has 0 saturated carbocycles. The number of carbonyl (C=O) groups excluding carboxylic acids is 2. The van der Waals surface area contributed by atoms with Crippen molar-refractivity contribution in [3.8, 4) is 5.75 Å². The molecule has 0 fully saturated rings. The van der Waals surface area contributed by atoms with Crippen molar-refractivity contribution < 1.29 is 19.1 Å². The molecular weight excluding hydrogens is 260 g/mol. The number of ether oxygens (including phenoxy) is 2. The van der Waals surface area contributed by atoms with Crippen LogP contribution in [-0.2, 0) is 9.53 Å². The fraction of sp³-hybridized carbons (Fsp3) is 0.143. The van der Waals surface area contributed by atoms with Gasteiger partial charge < -0.3 is 9.47 Å². The number of fused-ring (bicyclic) bond motifs is 1. The van der Waals surface area contributed by atoms with Crippen molar-refractivity contribution in [1.82, 2.24) is 10.9 Å². The van der Waals surface area contributed by atoms with Crippen LogP contribution >= 0.6 is 0 Å². The van der Waals surface area contributed by atoms with Gasteiger partial charge >= 0.3 is 6.09 Å². The third-order valence-corrected chi connectivity index (χ3v) is 2.60. The Labute approximate surface area is 115 Å². The number of carbonyl (C=O) groups is 2. The SMILES string of the molecule is COC(=O)NNC(=O)COc1cccc2ccccc12. The van der Waals surface area contributed by atoms with Gasteiger partial charge in [-0.1, -0.05) is 36.4 Å². The van der Waals surface area contributed by atoms with Gasteiger partial charge in [-0.15, -0.1) is 0 Å². The van der Waals surface area contributed by atoms with E-state index in [1.807, 2.05) is 36.4 Å². The van der Waals surface area contributed by atoms with Gasteiger partial charge in [-0.2, -0.15) is 0 Å². The third-order valence-electron chi connectivity index (χ3n) is 2.60. The van der Waals surface area contributed by atoms with Crippen molar-refractivity contribution >= 4 is 22.8 Å². The predicted octanol–water partition coefficient (Wildman–Crippen LogP) is 1.61. The fourth-order valence-corrected chi connectivity index (χ4v) is 1.67. The maximum absolute atomic E-state index is 11.5. The molecule has 0 aliphatic heterocycles. The lowest BCUT2D eigenvalue weighted by atomic mass is 10.1. The van der Waals surface area contributed by atoms with Crippen molar-refractivity contribution in [3.63, 3.8) is 0 Å². The van der Waals surface area contributed by atoms with Gasteiger partial charge in [0, 0.05) is 5.39 Å². The van der Waals surface area contributed by atoms with Crippen LogP contribution in [0.2, 0.25) is 0 Å². The highest BCUT2D eigenvalue weighted by Crippen LogP contribution is 2.24. The van der Waals surface area contributed by atoms with E-state index in [4.69, 9.17) is 4.74 Å². The molecule has 0 unspecified atom stereocenters. The summed E-state index contributed by atoms with van der Waals surface area (Å²) in [6.45, 7) is -0.210. The zero-order chi connectivity index (χ0) is 14.4. The highest BCUT2D eigenvalue weighted by atomic mass is 16.5. The molecule has 2 aromatic carbocycles. The molecule has 2 amide bonds. The first kappa shape index (κ1) is 13.7. The van der Waals surface area contributed by atoms with Crippen molar-refractivity contribution in [2.45, 2.75) is 0 Å². The molecule has 6 heteroatoms. The normalized spacial score (nSPS) is 9.85. The summed E-state index contributed by atoms with van der Waals surface area (Å²) in [6, 6.07) is 13.3. The van der Waals surface area contributed by atoms with E-state index in [9.17, 15) is 9.59 Å². The molecule has 104 valence electrons. The van der Waals surface area contributed by atoms with Crippen LogP contribution < -0.4 is 15.6 Å². The summed E-state index contributed by atoms with van der Waals surface area (Å²) in [4.78, 5) is 22.2. The number of amides is 2. The Bertz CT molecular complexity index is 622. The van der Waals surface area contributed by atoms with Gasteiger partial charge in [0.15, 0.2) is 6.61 Å².